The number of hydrogen-bond donors (Lipinski definition) is 3. The van der Waals surface area contributed by atoms with Crippen molar-refractivity contribution in [3.63, 3.8) is 0 Å². The normalized spacial score (nSPS) is 10.1. The van der Waals surface area contributed by atoms with E-state index in [0.29, 0.717) is 30.0 Å². The number of nitrogens with zero attached hydrogens (tertiary/aromatic N) is 3. The molecule has 0 aliphatic carbocycles. The Labute approximate surface area is 115 Å². The lowest BCUT2D eigenvalue weighted by Gasteiger charge is -2.05. The molecule has 0 atom stereocenters. The molecule has 0 unspecified atom stereocenters. The molecule has 0 saturated heterocycles. The summed E-state index contributed by atoms with van der Waals surface area (Å²) in [6.45, 7) is 1.85. The van der Waals surface area contributed by atoms with Crippen molar-refractivity contribution in [2.45, 2.75) is 13.3 Å². The highest BCUT2D eigenvalue weighted by Gasteiger charge is 2.06. The number of rotatable bonds is 5. The topological polar surface area (TPSA) is 113 Å². The molecule has 1 aromatic carbocycles. The number of tetrazole rings is 1. The summed E-state index contributed by atoms with van der Waals surface area (Å²) >= 11 is 0. The van der Waals surface area contributed by atoms with E-state index in [4.69, 9.17) is 0 Å². The van der Waals surface area contributed by atoms with Crippen LogP contribution in [0, 0.1) is 0 Å². The maximum absolute atomic E-state index is 11.8. The Morgan fingerprint density at radius 2 is 2.00 bits per heavy atom. The first kappa shape index (κ1) is 13.7. The summed E-state index contributed by atoms with van der Waals surface area (Å²) in [6.07, 6.45) is 0.506. The number of aromatic amines is 1. The smallest absolute Gasteiger partial charge is 0.251 e. The van der Waals surface area contributed by atoms with Crippen LogP contribution in [-0.4, -0.2) is 39.0 Å². The number of nitrogens with one attached hydrogen (secondary N) is 3. The third-order valence-electron chi connectivity index (χ3n) is 2.49. The van der Waals surface area contributed by atoms with Gasteiger partial charge >= 0.3 is 0 Å². The molecule has 0 spiro atoms. The molecule has 3 N–H and O–H groups in total. The summed E-state index contributed by atoms with van der Waals surface area (Å²) in [5.41, 5.74) is 1.17. The van der Waals surface area contributed by atoms with E-state index in [0.717, 1.165) is 0 Å². The first-order valence-electron chi connectivity index (χ1n) is 6.03. The lowest BCUT2D eigenvalue weighted by molar-refractivity contribution is -0.114. The van der Waals surface area contributed by atoms with Crippen LogP contribution >= 0.6 is 0 Å². The first-order chi connectivity index (χ1) is 9.65. The van der Waals surface area contributed by atoms with Crippen molar-refractivity contribution in [3.05, 3.63) is 35.7 Å². The van der Waals surface area contributed by atoms with Gasteiger partial charge in [0.1, 0.15) is 0 Å². The van der Waals surface area contributed by atoms with Crippen LogP contribution in [0.25, 0.3) is 0 Å². The molecule has 1 aromatic heterocycles. The van der Waals surface area contributed by atoms with Gasteiger partial charge in [0, 0.05) is 31.1 Å². The predicted octanol–water partition coefficient (Wildman–Crippen LogP) is 0.131. The second kappa shape index (κ2) is 6.41. The zero-order chi connectivity index (χ0) is 14.4. The van der Waals surface area contributed by atoms with E-state index in [1.807, 2.05) is 0 Å². The highest BCUT2D eigenvalue weighted by Crippen LogP contribution is 2.09. The highest BCUT2D eigenvalue weighted by molar-refractivity contribution is 5.95. The van der Waals surface area contributed by atoms with Crippen molar-refractivity contribution in [2.75, 3.05) is 11.9 Å². The summed E-state index contributed by atoms with van der Waals surface area (Å²) in [5, 5.41) is 18.7. The Balaban J connectivity index is 1.84. The van der Waals surface area contributed by atoms with E-state index in [2.05, 4.69) is 31.3 Å². The molecule has 0 fully saturated rings. The van der Waals surface area contributed by atoms with Gasteiger partial charge in [0.25, 0.3) is 5.91 Å². The monoisotopic (exact) mass is 274 g/mol. The minimum absolute atomic E-state index is 0.151. The van der Waals surface area contributed by atoms with E-state index in [1.165, 1.54) is 6.92 Å². The minimum Gasteiger partial charge on any atom is -0.352 e. The van der Waals surface area contributed by atoms with Crippen LogP contribution in [0.3, 0.4) is 0 Å². The number of hydrogen-bond acceptors (Lipinski definition) is 5. The van der Waals surface area contributed by atoms with Gasteiger partial charge in [-0.3, -0.25) is 9.59 Å². The van der Waals surface area contributed by atoms with E-state index in [9.17, 15) is 9.59 Å². The third kappa shape index (κ3) is 3.87. The van der Waals surface area contributed by atoms with E-state index >= 15 is 0 Å². The molecule has 0 bridgehead atoms. The first-order valence-corrected chi connectivity index (χ1v) is 6.03. The molecule has 8 nitrogen and oxygen atoms in total. The Bertz CT molecular complexity index is 579. The molecular formula is C12H14N6O2. The highest BCUT2D eigenvalue weighted by atomic mass is 16.2. The maximum Gasteiger partial charge on any atom is 0.251 e. The molecule has 2 amide bonds. The van der Waals surface area contributed by atoms with Gasteiger partial charge in [-0.15, -0.1) is 10.2 Å². The fourth-order valence-corrected chi connectivity index (χ4v) is 1.59. The van der Waals surface area contributed by atoms with Crippen molar-refractivity contribution >= 4 is 17.5 Å². The van der Waals surface area contributed by atoms with E-state index in [1.54, 1.807) is 24.3 Å². The van der Waals surface area contributed by atoms with Crippen LogP contribution in [0.2, 0.25) is 0 Å². The van der Waals surface area contributed by atoms with Crippen LogP contribution < -0.4 is 10.6 Å². The zero-order valence-electron chi connectivity index (χ0n) is 10.9. The molecule has 1 heterocycles. The van der Waals surface area contributed by atoms with Crippen molar-refractivity contribution in [1.82, 2.24) is 25.9 Å². The standard InChI is InChI=1S/C12H14N6O2/c1-8(19)14-10-4-2-9(3-5-10)12(20)13-7-6-11-15-17-18-16-11/h2-5H,6-7H2,1H3,(H,13,20)(H,14,19)(H,15,16,17,18). The van der Waals surface area contributed by atoms with E-state index < -0.39 is 0 Å². The van der Waals surface area contributed by atoms with Gasteiger partial charge in [0.05, 0.1) is 0 Å². The minimum atomic E-state index is -0.192. The van der Waals surface area contributed by atoms with Crippen LogP contribution in [0.5, 0.6) is 0 Å². The lowest BCUT2D eigenvalue weighted by atomic mass is 10.2. The second-order valence-electron chi connectivity index (χ2n) is 4.09. The van der Waals surface area contributed by atoms with Gasteiger partial charge in [-0.2, -0.15) is 5.21 Å². The van der Waals surface area contributed by atoms with Crippen LogP contribution in [0.1, 0.15) is 23.1 Å². The Morgan fingerprint density at radius 1 is 1.25 bits per heavy atom. The van der Waals surface area contributed by atoms with E-state index in [-0.39, 0.29) is 11.8 Å². The molecule has 0 aliphatic rings. The van der Waals surface area contributed by atoms with Gasteiger partial charge in [0.2, 0.25) is 5.91 Å². The van der Waals surface area contributed by atoms with Gasteiger partial charge in [-0.1, -0.05) is 5.21 Å². The Morgan fingerprint density at radius 3 is 2.60 bits per heavy atom. The Kier molecular flexibility index (Phi) is 4.38. The predicted molar refractivity (Wildman–Crippen MR) is 71.0 cm³/mol. The Hall–Kier alpha value is -2.77. The number of H-pyrrole nitrogens is 1. The summed E-state index contributed by atoms with van der Waals surface area (Å²) in [7, 11) is 0. The van der Waals surface area contributed by atoms with Crippen LogP contribution in [0.4, 0.5) is 5.69 Å². The van der Waals surface area contributed by atoms with Crippen LogP contribution in [-0.2, 0) is 11.2 Å². The largest absolute Gasteiger partial charge is 0.352 e. The summed E-state index contributed by atoms with van der Waals surface area (Å²) in [6, 6.07) is 6.65. The quantitative estimate of drug-likeness (QED) is 0.717. The molecule has 2 aromatic rings. The molecule has 104 valence electrons. The molecule has 0 radical (unpaired) electrons. The molecule has 0 aliphatic heterocycles. The van der Waals surface area contributed by atoms with Gasteiger partial charge in [-0.05, 0) is 24.3 Å². The number of carbonyl (C=O) groups is 2. The second-order valence-corrected chi connectivity index (χ2v) is 4.09. The molecule has 20 heavy (non-hydrogen) atoms. The SMILES string of the molecule is CC(=O)Nc1ccc(C(=O)NCCc2nn[nH]n2)cc1. The third-order valence-corrected chi connectivity index (χ3v) is 2.49. The summed E-state index contributed by atoms with van der Waals surface area (Å²) in [5.74, 6) is 0.205. The average Bonchev–Trinajstić information content (AvgIpc) is 2.92. The summed E-state index contributed by atoms with van der Waals surface area (Å²) in [4.78, 5) is 22.7. The number of anilines is 1. The molecule has 0 saturated carbocycles. The van der Waals surface area contributed by atoms with Gasteiger partial charge < -0.3 is 10.6 Å². The number of carbonyl (C=O) groups excluding carboxylic acids is 2. The van der Waals surface area contributed by atoms with Crippen molar-refractivity contribution in [1.29, 1.82) is 0 Å². The molecular weight excluding hydrogens is 260 g/mol. The van der Waals surface area contributed by atoms with Crippen molar-refractivity contribution in [3.8, 4) is 0 Å². The number of benzene rings is 1. The lowest BCUT2D eigenvalue weighted by Crippen LogP contribution is -2.25. The summed E-state index contributed by atoms with van der Waals surface area (Å²) < 4.78 is 0. The maximum atomic E-state index is 11.8. The fourth-order valence-electron chi connectivity index (χ4n) is 1.59. The number of aromatic nitrogens is 4. The number of amides is 2. The zero-order valence-corrected chi connectivity index (χ0v) is 10.9. The van der Waals surface area contributed by atoms with Crippen molar-refractivity contribution in [2.24, 2.45) is 0 Å². The van der Waals surface area contributed by atoms with Gasteiger partial charge in [0.15, 0.2) is 5.82 Å². The van der Waals surface area contributed by atoms with Crippen molar-refractivity contribution < 1.29 is 9.59 Å². The average molecular weight is 274 g/mol. The molecule has 2 rings (SSSR count). The fraction of sp³-hybridized carbons (Fsp3) is 0.250. The van der Waals surface area contributed by atoms with Crippen LogP contribution in [0.15, 0.2) is 24.3 Å². The van der Waals surface area contributed by atoms with Gasteiger partial charge in [-0.25, -0.2) is 0 Å². The molecule has 8 heteroatoms.